The highest BCUT2D eigenvalue weighted by molar-refractivity contribution is 5.18. The van der Waals surface area contributed by atoms with Crippen LogP contribution in [0.2, 0.25) is 0 Å². The van der Waals surface area contributed by atoms with Crippen molar-refractivity contribution in [3.63, 3.8) is 0 Å². The van der Waals surface area contributed by atoms with E-state index in [-0.39, 0.29) is 11.9 Å². The molecule has 2 unspecified atom stereocenters. The third-order valence-electron chi connectivity index (χ3n) is 3.95. The first-order valence-corrected chi connectivity index (χ1v) is 6.89. The molecule has 1 fully saturated rings. The van der Waals surface area contributed by atoms with Gasteiger partial charge in [-0.2, -0.15) is 0 Å². The summed E-state index contributed by atoms with van der Waals surface area (Å²) < 4.78 is 28.8. The molecule has 3 nitrogen and oxygen atoms in total. The van der Waals surface area contributed by atoms with Crippen LogP contribution in [-0.2, 0) is 6.54 Å². The molecule has 2 aromatic rings. The summed E-state index contributed by atoms with van der Waals surface area (Å²) in [4.78, 5) is 4.07. The van der Waals surface area contributed by atoms with Gasteiger partial charge < -0.3 is 9.88 Å². The number of rotatable bonds is 4. The Labute approximate surface area is 116 Å². The maximum absolute atomic E-state index is 13.6. The van der Waals surface area contributed by atoms with Gasteiger partial charge in [-0.3, -0.25) is 0 Å². The Kier molecular flexibility index (Phi) is 3.78. The van der Waals surface area contributed by atoms with Crippen molar-refractivity contribution < 1.29 is 8.78 Å². The number of halogens is 2. The zero-order valence-corrected chi connectivity index (χ0v) is 11.1. The molecule has 0 saturated heterocycles. The number of hydrogen-bond donors (Lipinski definition) is 1. The Balaban J connectivity index is 1.67. The summed E-state index contributed by atoms with van der Waals surface area (Å²) >= 11 is 0. The summed E-state index contributed by atoms with van der Waals surface area (Å²) in [5.41, 5.74) is 0.376. The first-order valence-electron chi connectivity index (χ1n) is 6.89. The summed E-state index contributed by atoms with van der Waals surface area (Å²) in [6.07, 6.45) is 8.79. The van der Waals surface area contributed by atoms with Gasteiger partial charge in [0.05, 0.1) is 6.33 Å². The van der Waals surface area contributed by atoms with Gasteiger partial charge in [0.1, 0.15) is 11.6 Å². The van der Waals surface area contributed by atoms with Crippen molar-refractivity contribution in [2.75, 3.05) is 0 Å². The molecule has 0 spiro atoms. The van der Waals surface area contributed by atoms with E-state index < -0.39 is 5.82 Å². The van der Waals surface area contributed by atoms with Crippen LogP contribution < -0.4 is 5.32 Å². The SMILES string of the molecule is Fc1ccc(F)c(CNC2CCCC2n2ccnc2)c1. The van der Waals surface area contributed by atoms with Crippen LogP contribution in [0.1, 0.15) is 30.9 Å². The van der Waals surface area contributed by atoms with Crippen molar-refractivity contribution in [3.05, 3.63) is 54.1 Å². The van der Waals surface area contributed by atoms with Crippen LogP contribution in [0.4, 0.5) is 8.78 Å². The maximum atomic E-state index is 13.6. The van der Waals surface area contributed by atoms with Crippen molar-refractivity contribution in [1.82, 2.24) is 14.9 Å². The van der Waals surface area contributed by atoms with Gasteiger partial charge in [-0.25, -0.2) is 13.8 Å². The Morgan fingerprint density at radius 1 is 1.30 bits per heavy atom. The van der Waals surface area contributed by atoms with E-state index in [0.29, 0.717) is 18.2 Å². The molecule has 1 saturated carbocycles. The van der Waals surface area contributed by atoms with E-state index in [1.54, 1.807) is 6.20 Å². The summed E-state index contributed by atoms with van der Waals surface area (Å²) in [6, 6.07) is 4.18. The molecule has 1 aliphatic rings. The first-order chi connectivity index (χ1) is 9.74. The van der Waals surface area contributed by atoms with Crippen LogP contribution in [-0.4, -0.2) is 15.6 Å². The van der Waals surface area contributed by atoms with Crippen LogP contribution >= 0.6 is 0 Å². The molecule has 1 aromatic heterocycles. The molecule has 0 amide bonds. The molecule has 0 bridgehead atoms. The Bertz CT molecular complexity index is 569. The second kappa shape index (κ2) is 5.71. The lowest BCUT2D eigenvalue weighted by Gasteiger charge is -2.22. The number of aromatic nitrogens is 2. The average molecular weight is 277 g/mol. The number of imidazole rings is 1. The monoisotopic (exact) mass is 277 g/mol. The molecule has 106 valence electrons. The van der Waals surface area contributed by atoms with Crippen LogP contribution in [0.3, 0.4) is 0 Å². The van der Waals surface area contributed by atoms with E-state index in [4.69, 9.17) is 0 Å². The Morgan fingerprint density at radius 3 is 3.00 bits per heavy atom. The van der Waals surface area contributed by atoms with Crippen molar-refractivity contribution in [3.8, 4) is 0 Å². The number of hydrogen-bond acceptors (Lipinski definition) is 2. The third-order valence-corrected chi connectivity index (χ3v) is 3.95. The molecule has 1 N–H and O–H groups in total. The second-order valence-electron chi connectivity index (χ2n) is 5.23. The lowest BCUT2D eigenvalue weighted by molar-refractivity contribution is 0.387. The minimum absolute atomic E-state index is 0.270. The third kappa shape index (κ3) is 2.72. The lowest BCUT2D eigenvalue weighted by Crippen LogP contribution is -2.33. The molecule has 1 heterocycles. The van der Waals surface area contributed by atoms with Gasteiger partial charge in [-0.05, 0) is 37.5 Å². The second-order valence-corrected chi connectivity index (χ2v) is 5.23. The zero-order chi connectivity index (χ0) is 13.9. The number of nitrogens with zero attached hydrogens (tertiary/aromatic N) is 2. The molecular formula is C15H17F2N3. The van der Waals surface area contributed by atoms with Gasteiger partial charge in [-0.15, -0.1) is 0 Å². The average Bonchev–Trinajstić information content (AvgIpc) is 3.09. The molecule has 1 aliphatic carbocycles. The van der Waals surface area contributed by atoms with Gasteiger partial charge in [0.15, 0.2) is 0 Å². The van der Waals surface area contributed by atoms with Crippen molar-refractivity contribution in [2.24, 2.45) is 0 Å². The maximum Gasteiger partial charge on any atom is 0.127 e. The predicted octanol–water partition coefficient (Wildman–Crippen LogP) is 3.04. The predicted molar refractivity (Wildman–Crippen MR) is 72.1 cm³/mol. The molecule has 0 radical (unpaired) electrons. The highest BCUT2D eigenvalue weighted by Gasteiger charge is 2.27. The first kappa shape index (κ1) is 13.2. The van der Waals surface area contributed by atoms with Crippen molar-refractivity contribution in [2.45, 2.75) is 37.9 Å². The van der Waals surface area contributed by atoms with E-state index in [2.05, 4.69) is 14.9 Å². The van der Waals surface area contributed by atoms with Crippen molar-refractivity contribution in [1.29, 1.82) is 0 Å². The lowest BCUT2D eigenvalue weighted by atomic mass is 10.1. The minimum atomic E-state index is -0.402. The summed E-state index contributed by atoms with van der Waals surface area (Å²) in [5.74, 6) is -0.767. The smallest absolute Gasteiger partial charge is 0.127 e. The fraction of sp³-hybridized carbons (Fsp3) is 0.400. The highest BCUT2D eigenvalue weighted by Crippen LogP contribution is 2.30. The number of nitrogens with one attached hydrogen (secondary N) is 1. The highest BCUT2D eigenvalue weighted by atomic mass is 19.1. The van der Waals surface area contributed by atoms with Gasteiger partial charge in [0.2, 0.25) is 0 Å². The fourth-order valence-electron chi connectivity index (χ4n) is 2.92. The minimum Gasteiger partial charge on any atom is -0.333 e. The normalized spacial score (nSPS) is 22.3. The molecule has 5 heteroatoms. The molecule has 20 heavy (non-hydrogen) atoms. The fourth-order valence-corrected chi connectivity index (χ4v) is 2.92. The van der Waals surface area contributed by atoms with Crippen molar-refractivity contribution >= 4 is 0 Å². The summed E-state index contributed by atoms with van der Waals surface area (Å²) in [6.45, 7) is 0.347. The Morgan fingerprint density at radius 2 is 2.20 bits per heavy atom. The van der Waals surface area contributed by atoms with Gasteiger partial charge >= 0.3 is 0 Å². The number of benzene rings is 1. The quantitative estimate of drug-likeness (QED) is 0.931. The standard InChI is InChI=1S/C15H17F2N3/c16-12-4-5-13(17)11(8-12)9-19-14-2-1-3-15(14)20-7-6-18-10-20/h4-8,10,14-15,19H,1-3,9H2. The van der Waals surface area contributed by atoms with Crippen LogP contribution in [0.25, 0.3) is 0 Å². The van der Waals surface area contributed by atoms with Gasteiger partial charge in [0.25, 0.3) is 0 Å². The summed E-state index contributed by atoms with van der Waals surface area (Å²) in [7, 11) is 0. The van der Waals surface area contributed by atoms with Crippen LogP contribution in [0.15, 0.2) is 36.9 Å². The largest absolute Gasteiger partial charge is 0.333 e. The molecule has 1 aromatic carbocycles. The van der Waals surface area contributed by atoms with Gasteiger partial charge in [0, 0.05) is 36.6 Å². The molecular weight excluding hydrogens is 260 g/mol. The van der Waals surface area contributed by atoms with E-state index in [0.717, 1.165) is 25.3 Å². The van der Waals surface area contributed by atoms with Gasteiger partial charge in [-0.1, -0.05) is 0 Å². The molecule has 2 atom stereocenters. The van der Waals surface area contributed by atoms with E-state index in [9.17, 15) is 8.78 Å². The molecule has 0 aliphatic heterocycles. The van der Waals surface area contributed by atoms with E-state index in [1.165, 1.54) is 12.1 Å². The van der Waals surface area contributed by atoms with E-state index >= 15 is 0 Å². The van der Waals surface area contributed by atoms with E-state index in [1.807, 2.05) is 12.5 Å². The topological polar surface area (TPSA) is 29.9 Å². The van der Waals surface area contributed by atoms with Crippen LogP contribution in [0, 0.1) is 11.6 Å². The Hall–Kier alpha value is -1.75. The van der Waals surface area contributed by atoms with Crippen LogP contribution in [0.5, 0.6) is 0 Å². The summed E-state index contributed by atoms with van der Waals surface area (Å²) in [5, 5.41) is 3.35. The zero-order valence-electron chi connectivity index (χ0n) is 11.1. The molecule has 3 rings (SSSR count).